The van der Waals surface area contributed by atoms with Crippen LogP contribution in [0.15, 0.2) is 22.6 Å². The van der Waals surface area contributed by atoms with Gasteiger partial charge in [-0.15, -0.1) is 0 Å². The third-order valence-electron chi connectivity index (χ3n) is 3.63. The van der Waals surface area contributed by atoms with E-state index in [1.54, 1.807) is 7.11 Å². The molecule has 5 heteroatoms. The molecule has 0 spiro atoms. The van der Waals surface area contributed by atoms with Crippen molar-refractivity contribution in [3.63, 3.8) is 0 Å². The molecule has 0 amide bonds. The fourth-order valence-corrected chi connectivity index (χ4v) is 2.70. The second kappa shape index (κ2) is 5.09. The van der Waals surface area contributed by atoms with Crippen molar-refractivity contribution in [2.45, 2.75) is 12.8 Å². The van der Waals surface area contributed by atoms with Crippen molar-refractivity contribution in [2.24, 2.45) is 5.92 Å². The summed E-state index contributed by atoms with van der Waals surface area (Å²) in [7, 11) is 1.75. The van der Waals surface area contributed by atoms with Crippen LogP contribution in [-0.4, -0.2) is 31.8 Å². The van der Waals surface area contributed by atoms with Gasteiger partial charge in [0.05, 0.1) is 12.3 Å². The minimum Gasteiger partial charge on any atom is -0.423 e. The molecule has 2 aromatic rings. The Balaban J connectivity index is 1.85. The highest BCUT2D eigenvalue weighted by molar-refractivity contribution is 5.86. The van der Waals surface area contributed by atoms with Crippen LogP contribution in [0.3, 0.4) is 0 Å². The van der Waals surface area contributed by atoms with Gasteiger partial charge in [-0.3, -0.25) is 0 Å². The van der Waals surface area contributed by atoms with Crippen molar-refractivity contribution < 1.29 is 9.15 Å². The van der Waals surface area contributed by atoms with Crippen molar-refractivity contribution in [2.75, 3.05) is 37.4 Å². The largest absolute Gasteiger partial charge is 0.423 e. The highest BCUT2D eigenvalue weighted by Gasteiger charge is 2.23. The van der Waals surface area contributed by atoms with Gasteiger partial charge in [0, 0.05) is 20.2 Å². The number of benzene rings is 1. The number of anilines is 2. The van der Waals surface area contributed by atoms with Crippen LogP contribution in [0.1, 0.15) is 12.8 Å². The summed E-state index contributed by atoms with van der Waals surface area (Å²) in [5.74, 6) is 0.547. The third kappa shape index (κ3) is 2.38. The molecule has 1 saturated heterocycles. The lowest BCUT2D eigenvalue weighted by Gasteiger charge is -2.31. The van der Waals surface area contributed by atoms with Crippen LogP contribution in [0.5, 0.6) is 0 Å². The molecule has 0 saturated carbocycles. The maximum absolute atomic E-state index is 5.91. The monoisotopic (exact) mass is 261 g/mol. The lowest BCUT2D eigenvalue weighted by atomic mass is 9.99. The maximum atomic E-state index is 5.91. The molecule has 1 fully saturated rings. The van der Waals surface area contributed by atoms with Crippen molar-refractivity contribution in [1.82, 2.24) is 4.98 Å². The second-order valence-corrected chi connectivity index (χ2v) is 5.10. The average Bonchev–Trinajstić information content (AvgIpc) is 2.85. The highest BCUT2D eigenvalue weighted by Crippen LogP contribution is 2.28. The summed E-state index contributed by atoms with van der Waals surface area (Å²) in [5.41, 5.74) is 8.09. The molecule has 1 aliphatic heterocycles. The molecule has 3 rings (SSSR count). The Bertz CT molecular complexity index is 565. The van der Waals surface area contributed by atoms with E-state index in [9.17, 15) is 0 Å². The van der Waals surface area contributed by atoms with Gasteiger partial charge in [-0.25, -0.2) is 0 Å². The molecule has 0 radical (unpaired) electrons. The second-order valence-electron chi connectivity index (χ2n) is 5.10. The topological polar surface area (TPSA) is 64.5 Å². The molecule has 1 atom stereocenters. The molecule has 0 bridgehead atoms. The Morgan fingerprint density at radius 2 is 2.42 bits per heavy atom. The van der Waals surface area contributed by atoms with Crippen LogP contribution in [-0.2, 0) is 4.74 Å². The number of methoxy groups -OCH3 is 1. The zero-order valence-corrected chi connectivity index (χ0v) is 11.1. The number of rotatable bonds is 3. The van der Waals surface area contributed by atoms with Gasteiger partial charge in [0.2, 0.25) is 0 Å². The number of oxazole rings is 1. The number of nitrogens with two attached hydrogens (primary N) is 1. The molecule has 0 aliphatic carbocycles. The molecule has 19 heavy (non-hydrogen) atoms. The van der Waals surface area contributed by atoms with Crippen molar-refractivity contribution in [1.29, 1.82) is 0 Å². The number of nitrogen functional groups attached to an aromatic ring is 1. The summed E-state index contributed by atoms with van der Waals surface area (Å²) in [5, 5.41) is 0. The summed E-state index contributed by atoms with van der Waals surface area (Å²) in [6.07, 6.45) is 2.34. The number of aromatic nitrogens is 1. The summed E-state index contributed by atoms with van der Waals surface area (Å²) >= 11 is 0. The van der Waals surface area contributed by atoms with Crippen LogP contribution in [0.2, 0.25) is 0 Å². The molecule has 2 N–H and O–H groups in total. The quantitative estimate of drug-likeness (QED) is 0.859. The van der Waals surface area contributed by atoms with Gasteiger partial charge in [-0.1, -0.05) is 6.07 Å². The predicted molar refractivity (Wildman–Crippen MR) is 75.2 cm³/mol. The zero-order chi connectivity index (χ0) is 13.2. The Hall–Kier alpha value is -1.75. The highest BCUT2D eigenvalue weighted by atomic mass is 16.5. The lowest BCUT2D eigenvalue weighted by Crippen LogP contribution is -2.37. The lowest BCUT2D eigenvalue weighted by molar-refractivity contribution is 0.142. The smallest absolute Gasteiger partial charge is 0.298 e. The molecule has 1 unspecified atom stereocenters. The zero-order valence-electron chi connectivity index (χ0n) is 11.1. The fourth-order valence-electron chi connectivity index (χ4n) is 2.70. The number of fused-ring (bicyclic) bond motifs is 1. The van der Waals surface area contributed by atoms with E-state index in [4.69, 9.17) is 14.9 Å². The van der Waals surface area contributed by atoms with E-state index in [1.165, 1.54) is 6.42 Å². The molecular formula is C14H19N3O2. The maximum Gasteiger partial charge on any atom is 0.298 e. The number of hydrogen-bond acceptors (Lipinski definition) is 5. The normalized spacial score (nSPS) is 20.1. The van der Waals surface area contributed by atoms with E-state index >= 15 is 0 Å². The number of nitrogens with zero attached hydrogens (tertiary/aromatic N) is 2. The average molecular weight is 261 g/mol. The Morgan fingerprint density at radius 3 is 3.21 bits per heavy atom. The van der Waals surface area contributed by atoms with Crippen molar-refractivity contribution >= 4 is 22.8 Å². The summed E-state index contributed by atoms with van der Waals surface area (Å²) in [6, 6.07) is 6.31. The van der Waals surface area contributed by atoms with Crippen LogP contribution >= 0.6 is 0 Å². The summed E-state index contributed by atoms with van der Waals surface area (Å²) in [6.45, 7) is 2.70. The standard InChI is InChI=1S/C14H19N3O2/c1-18-9-10-4-3-7-17(8-10)14-16-13-11(15)5-2-6-12(13)19-14/h2,5-6,10H,3-4,7-9,15H2,1H3. The van der Waals surface area contributed by atoms with E-state index in [0.29, 0.717) is 17.6 Å². The van der Waals surface area contributed by atoms with Gasteiger partial charge in [0.25, 0.3) is 6.01 Å². The predicted octanol–water partition coefficient (Wildman–Crippen LogP) is 2.27. The van der Waals surface area contributed by atoms with Crippen LogP contribution in [0, 0.1) is 5.92 Å². The number of ether oxygens (including phenoxy) is 1. The van der Waals surface area contributed by atoms with E-state index in [-0.39, 0.29) is 0 Å². The number of hydrogen-bond donors (Lipinski definition) is 1. The van der Waals surface area contributed by atoms with Gasteiger partial charge in [-0.05, 0) is 30.9 Å². The first kappa shape index (κ1) is 12.3. The van der Waals surface area contributed by atoms with Gasteiger partial charge in [0.15, 0.2) is 5.58 Å². The van der Waals surface area contributed by atoms with Crippen molar-refractivity contribution in [3.8, 4) is 0 Å². The molecular weight excluding hydrogens is 242 g/mol. The Labute approximate surface area is 112 Å². The van der Waals surface area contributed by atoms with Crippen LogP contribution < -0.4 is 10.6 Å². The van der Waals surface area contributed by atoms with E-state index in [2.05, 4.69) is 9.88 Å². The van der Waals surface area contributed by atoms with Crippen LogP contribution in [0.4, 0.5) is 11.7 Å². The van der Waals surface area contributed by atoms with E-state index in [1.807, 2.05) is 18.2 Å². The number of para-hydroxylation sites is 1. The first-order chi connectivity index (χ1) is 9.28. The van der Waals surface area contributed by atoms with E-state index < -0.39 is 0 Å². The van der Waals surface area contributed by atoms with Gasteiger partial charge in [0.1, 0.15) is 5.52 Å². The van der Waals surface area contributed by atoms with Crippen molar-refractivity contribution in [3.05, 3.63) is 18.2 Å². The summed E-state index contributed by atoms with van der Waals surface area (Å²) < 4.78 is 11.1. The van der Waals surface area contributed by atoms with Crippen LogP contribution in [0.25, 0.3) is 11.1 Å². The summed E-state index contributed by atoms with van der Waals surface area (Å²) in [4.78, 5) is 6.71. The van der Waals surface area contributed by atoms with Gasteiger partial charge in [-0.2, -0.15) is 4.98 Å². The fraction of sp³-hybridized carbons (Fsp3) is 0.500. The molecule has 1 aromatic heterocycles. The number of piperidine rings is 1. The molecule has 1 aromatic carbocycles. The first-order valence-corrected chi connectivity index (χ1v) is 6.67. The molecule has 1 aliphatic rings. The Morgan fingerprint density at radius 1 is 1.53 bits per heavy atom. The van der Waals surface area contributed by atoms with Gasteiger partial charge < -0.3 is 19.8 Å². The molecule has 102 valence electrons. The molecule has 5 nitrogen and oxygen atoms in total. The first-order valence-electron chi connectivity index (χ1n) is 6.67. The van der Waals surface area contributed by atoms with E-state index in [0.717, 1.165) is 37.2 Å². The Kier molecular flexibility index (Phi) is 3.29. The van der Waals surface area contributed by atoms with Gasteiger partial charge >= 0.3 is 0 Å². The SMILES string of the molecule is COCC1CCCN(c2nc3c(N)cccc3o2)C1. The third-order valence-corrected chi connectivity index (χ3v) is 3.63. The minimum absolute atomic E-state index is 0.547. The minimum atomic E-state index is 0.547. The molecule has 2 heterocycles.